The van der Waals surface area contributed by atoms with Gasteiger partial charge in [0.25, 0.3) is 11.1 Å². The van der Waals surface area contributed by atoms with Crippen molar-refractivity contribution in [2.75, 3.05) is 13.2 Å². The number of aromatic nitrogens is 1. The van der Waals surface area contributed by atoms with Crippen LogP contribution in [0.1, 0.15) is 91.4 Å². The molecule has 2 amide bonds. The van der Waals surface area contributed by atoms with Crippen LogP contribution in [0.5, 0.6) is 5.75 Å². The normalized spacial score (nSPS) is 17.4. The van der Waals surface area contributed by atoms with Crippen LogP contribution in [-0.2, 0) is 4.79 Å². The third-order valence-corrected chi connectivity index (χ3v) is 9.13. The molecule has 1 saturated heterocycles. The lowest BCUT2D eigenvalue weighted by Gasteiger charge is -2.22. The van der Waals surface area contributed by atoms with Crippen LogP contribution >= 0.6 is 11.8 Å². The average Bonchev–Trinajstić information content (AvgIpc) is 3.37. The van der Waals surface area contributed by atoms with Gasteiger partial charge in [-0.1, -0.05) is 57.4 Å². The highest BCUT2D eigenvalue weighted by Gasteiger charge is 2.35. The summed E-state index contributed by atoms with van der Waals surface area (Å²) in [6.07, 6.45) is 8.46. The summed E-state index contributed by atoms with van der Waals surface area (Å²) in [5.41, 5.74) is 7.91. The van der Waals surface area contributed by atoms with Gasteiger partial charge in [-0.2, -0.15) is 0 Å². The first-order valence-electron chi connectivity index (χ1n) is 14.5. The first-order valence-corrected chi connectivity index (χ1v) is 15.3. The molecule has 0 spiro atoms. The maximum absolute atomic E-state index is 13.2. The largest absolute Gasteiger partial charge is 0.491 e. The molecule has 5 nitrogen and oxygen atoms in total. The fourth-order valence-electron chi connectivity index (χ4n) is 5.99. The van der Waals surface area contributed by atoms with Crippen LogP contribution in [0.2, 0.25) is 0 Å². The quantitative estimate of drug-likeness (QED) is 0.260. The summed E-state index contributed by atoms with van der Waals surface area (Å²) in [5.74, 6) is 1.56. The molecule has 2 fully saturated rings. The standard InChI is InChI=1S/C34H40N2O3S/c1-22(2)30-16-11-23(3)19-31(30)39-18-17-35-33(37)32(40-34(35)38)21-28-20-24(4)36(25(28)5)29-14-12-27(13-15-29)26-9-7-6-8-10-26/h11-16,19-22,26H,6-10,17-18H2,1-5H3/b32-21-. The summed E-state index contributed by atoms with van der Waals surface area (Å²) >= 11 is 1.00. The number of rotatable bonds is 8. The van der Waals surface area contributed by atoms with Crippen molar-refractivity contribution in [1.29, 1.82) is 0 Å². The van der Waals surface area contributed by atoms with E-state index in [9.17, 15) is 9.59 Å². The highest BCUT2D eigenvalue weighted by molar-refractivity contribution is 8.18. The van der Waals surface area contributed by atoms with E-state index in [1.807, 2.05) is 19.1 Å². The Balaban J connectivity index is 1.28. The van der Waals surface area contributed by atoms with Gasteiger partial charge in [-0.15, -0.1) is 0 Å². The Kier molecular flexibility index (Phi) is 8.55. The molecule has 3 aromatic rings. The zero-order valence-corrected chi connectivity index (χ0v) is 25.1. The van der Waals surface area contributed by atoms with Crippen molar-refractivity contribution in [3.05, 3.63) is 87.1 Å². The Labute approximate surface area is 242 Å². The van der Waals surface area contributed by atoms with Gasteiger partial charge in [-0.25, -0.2) is 0 Å². The van der Waals surface area contributed by atoms with Gasteiger partial charge in [-0.3, -0.25) is 14.5 Å². The zero-order chi connectivity index (χ0) is 28.4. The van der Waals surface area contributed by atoms with Crippen molar-refractivity contribution >= 4 is 29.0 Å². The minimum Gasteiger partial charge on any atom is -0.491 e. The number of carbonyl (C=O) groups is 2. The molecular formula is C34H40N2O3S. The van der Waals surface area contributed by atoms with Crippen LogP contribution in [-0.4, -0.2) is 33.8 Å². The second-order valence-electron chi connectivity index (χ2n) is 11.5. The maximum atomic E-state index is 13.2. The van der Waals surface area contributed by atoms with E-state index < -0.39 is 0 Å². The molecule has 1 aromatic heterocycles. The number of aryl methyl sites for hydroxylation is 2. The summed E-state index contributed by atoms with van der Waals surface area (Å²) < 4.78 is 8.27. The van der Waals surface area contributed by atoms with Crippen molar-refractivity contribution in [3.63, 3.8) is 0 Å². The van der Waals surface area contributed by atoms with E-state index in [2.05, 4.69) is 74.7 Å². The molecule has 1 aliphatic carbocycles. The number of carbonyl (C=O) groups excluding carboxylic acids is 2. The predicted octanol–water partition coefficient (Wildman–Crippen LogP) is 8.69. The molecule has 0 bridgehead atoms. The molecule has 1 saturated carbocycles. The molecule has 1 aliphatic heterocycles. The van der Waals surface area contributed by atoms with Crippen molar-refractivity contribution < 1.29 is 14.3 Å². The third kappa shape index (κ3) is 5.92. The Hall–Kier alpha value is -3.25. The zero-order valence-electron chi connectivity index (χ0n) is 24.3. The fourth-order valence-corrected chi connectivity index (χ4v) is 6.84. The Morgan fingerprint density at radius 2 is 1.70 bits per heavy atom. The number of thioether (sulfide) groups is 1. The second-order valence-corrected chi connectivity index (χ2v) is 12.5. The Morgan fingerprint density at radius 3 is 2.40 bits per heavy atom. The van der Waals surface area contributed by atoms with Crippen LogP contribution in [0.15, 0.2) is 53.4 Å². The van der Waals surface area contributed by atoms with Gasteiger partial charge in [0, 0.05) is 17.1 Å². The topological polar surface area (TPSA) is 51.5 Å². The monoisotopic (exact) mass is 556 g/mol. The lowest BCUT2D eigenvalue weighted by atomic mass is 9.84. The maximum Gasteiger partial charge on any atom is 0.293 e. The number of ether oxygens (including phenoxy) is 1. The number of imide groups is 1. The summed E-state index contributed by atoms with van der Waals surface area (Å²) in [4.78, 5) is 27.7. The summed E-state index contributed by atoms with van der Waals surface area (Å²) in [6.45, 7) is 10.9. The van der Waals surface area contributed by atoms with Gasteiger partial charge >= 0.3 is 0 Å². The van der Waals surface area contributed by atoms with Crippen molar-refractivity contribution in [3.8, 4) is 11.4 Å². The molecule has 2 heterocycles. The van der Waals surface area contributed by atoms with Gasteiger partial charge in [0.05, 0.1) is 11.4 Å². The molecule has 40 heavy (non-hydrogen) atoms. The molecule has 6 heteroatoms. The van der Waals surface area contributed by atoms with E-state index in [1.54, 1.807) is 0 Å². The van der Waals surface area contributed by atoms with E-state index in [1.165, 1.54) is 42.6 Å². The van der Waals surface area contributed by atoms with Crippen LogP contribution in [0.25, 0.3) is 11.8 Å². The SMILES string of the molecule is Cc1ccc(C(C)C)c(OCCN2C(=O)S/C(=C\c3cc(C)n(-c4ccc(C5CCCCC5)cc4)c3C)C2=O)c1. The molecule has 5 rings (SSSR count). The van der Waals surface area contributed by atoms with Gasteiger partial charge < -0.3 is 9.30 Å². The van der Waals surface area contributed by atoms with Gasteiger partial charge in [0.1, 0.15) is 12.4 Å². The second kappa shape index (κ2) is 12.1. The van der Waals surface area contributed by atoms with E-state index >= 15 is 0 Å². The average molecular weight is 557 g/mol. The van der Waals surface area contributed by atoms with Crippen LogP contribution in [0.4, 0.5) is 4.79 Å². The first kappa shape index (κ1) is 28.3. The predicted molar refractivity (Wildman–Crippen MR) is 165 cm³/mol. The number of amides is 2. The molecule has 0 N–H and O–H groups in total. The summed E-state index contributed by atoms with van der Waals surface area (Å²) in [5, 5.41) is -0.250. The smallest absolute Gasteiger partial charge is 0.293 e. The summed E-state index contributed by atoms with van der Waals surface area (Å²) in [7, 11) is 0. The lowest BCUT2D eigenvalue weighted by molar-refractivity contribution is -0.123. The van der Waals surface area contributed by atoms with Crippen molar-refractivity contribution in [2.24, 2.45) is 0 Å². The number of hydrogen-bond donors (Lipinski definition) is 0. The number of benzene rings is 2. The van der Waals surface area contributed by atoms with Gasteiger partial charge in [-0.05, 0) is 110 Å². The minimum absolute atomic E-state index is 0.222. The molecule has 0 atom stereocenters. The van der Waals surface area contributed by atoms with E-state index in [-0.39, 0.29) is 24.3 Å². The highest BCUT2D eigenvalue weighted by Crippen LogP contribution is 2.35. The van der Waals surface area contributed by atoms with E-state index in [4.69, 9.17) is 4.74 Å². The Bertz CT molecular complexity index is 1430. The highest BCUT2D eigenvalue weighted by atomic mass is 32.2. The molecule has 0 radical (unpaired) electrons. The third-order valence-electron chi connectivity index (χ3n) is 8.22. The number of hydrogen-bond acceptors (Lipinski definition) is 4. The molecular weight excluding hydrogens is 516 g/mol. The van der Waals surface area contributed by atoms with E-state index in [0.717, 1.165) is 51.3 Å². The Morgan fingerprint density at radius 1 is 0.975 bits per heavy atom. The lowest BCUT2D eigenvalue weighted by Crippen LogP contribution is -2.32. The number of nitrogens with zero attached hydrogens (tertiary/aromatic N) is 2. The van der Waals surface area contributed by atoms with Crippen LogP contribution in [0, 0.1) is 20.8 Å². The molecule has 2 aliphatic rings. The molecule has 0 unspecified atom stereocenters. The van der Waals surface area contributed by atoms with Crippen LogP contribution in [0.3, 0.4) is 0 Å². The van der Waals surface area contributed by atoms with E-state index in [0.29, 0.717) is 16.7 Å². The first-order chi connectivity index (χ1) is 19.2. The molecule has 210 valence electrons. The van der Waals surface area contributed by atoms with Crippen molar-refractivity contribution in [2.45, 2.75) is 78.6 Å². The van der Waals surface area contributed by atoms with Crippen molar-refractivity contribution in [1.82, 2.24) is 9.47 Å². The van der Waals surface area contributed by atoms with Gasteiger partial charge in [0.2, 0.25) is 0 Å². The summed E-state index contributed by atoms with van der Waals surface area (Å²) in [6, 6.07) is 17.2. The van der Waals surface area contributed by atoms with Crippen LogP contribution < -0.4 is 4.74 Å². The van der Waals surface area contributed by atoms with Gasteiger partial charge in [0.15, 0.2) is 0 Å². The minimum atomic E-state index is -0.256. The molecule has 2 aromatic carbocycles. The fraction of sp³-hybridized carbons (Fsp3) is 0.412.